The van der Waals surface area contributed by atoms with E-state index in [1.165, 1.54) is 0 Å². The molecule has 3 aromatic rings. The summed E-state index contributed by atoms with van der Waals surface area (Å²) in [6.45, 7) is 5.94. The molecule has 38 heavy (non-hydrogen) atoms. The summed E-state index contributed by atoms with van der Waals surface area (Å²) in [7, 11) is 0. The molecule has 0 saturated carbocycles. The van der Waals surface area contributed by atoms with Crippen LogP contribution in [0.25, 0.3) is 16.7 Å². The first kappa shape index (κ1) is 25.7. The fourth-order valence-corrected chi connectivity index (χ4v) is 4.86. The average molecular weight is 520 g/mol. The van der Waals surface area contributed by atoms with Crippen LogP contribution in [-0.2, 0) is 17.0 Å². The van der Waals surface area contributed by atoms with Crippen LogP contribution in [0.15, 0.2) is 76.7 Å². The number of carbonyl (C=O) groups is 1. The number of allylic oxidation sites excluding steroid dienone is 3. The van der Waals surface area contributed by atoms with Crippen LogP contribution in [0.2, 0.25) is 0 Å². The molecule has 198 valence electrons. The minimum atomic E-state index is -2.56. The van der Waals surface area contributed by atoms with Crippen molar-refractivity contribution in [3.63, 3.8) is 0 Å². The van der Waals surface area contributed by atoms with Crippen molar-refractivity contribution in [3.05, 3.63) is 94.8 Å². The Balaban J connectivity index is 1.54. The van der Waals surface area contributed by atoms with Crippen molar-refractivity contribution < 1.29 is 28.7 Å². The van der Waals surface area contributed by atoms with Gasteiger partial charge in [-0.05, 0) is 23.6 Å². The number of benzene rings is 2. The van der Waals surface area contributed by atoms with Gasteiger partial charge in [0.25, 0.3) is 5.91 Å². The lowest BCUT2D eigenvalue weighted by Crippen LogP contribution is -2.35. The van der Waals surface area contributed by atoms with Gasteiger partial charge in [-0.3, -0.25) is 9.69 Å². The highest BCUT2D eigenvalue weighted by molar-refractivity contribution is 5.99. The monoisotopic (exact) mass is 519 g/mol. The molecule has 2 aliphatic rings. The number of halogens is 1. The molecule has 1 atom stereocenters. The van der Waals surface area contributed by atoms with Gasteiger partial charge in [-0.2, -0.15) is 0 Å². The largest absolute Gasteiger partial charge is 0.508 e. The Morgan fingerprint density at radius 2 is 1.79 bits per heavy atom. The summed E-state index contributed by atoms with van der Waals surface area (Å²) in [4.78, 5) is 15.2. The predicted molar refractivity (Wildman–Crippen MR) is 140 cm³/mol. The summed E-state index contributed by atoms with van der Waals surface area (Å²) in [5, 5.41) is 27.9. The fourth-order valence-electron chi connectivity index (χ4n) is 4.86. The van der Waals surface area contributed by atoms with Crippen molar-refractivity contribution in [3.8, 4) is 11.1 Å². The van der Waals surface area contributed by atoms with Gasteiger partial charge in [-0.25, -0.2) is 4.39 Å². The summed E-state index contributed by atoms with van der Waals surface area (Å²) >= 11 is 0. The molecule has 1 aliphatic heterocycles. The quantitative estimate of drug-likeness (QED) is 0.407. The molecular formula is C29H30FN3O5. The third kappa shape index (κ3) is 4.94. The lowest BCUT2D eigenvalue weighted by atomic mass is 9.81. The van der Waals surface area contributed by atoms with Crippen LogP contribution in [-0.4, -0.2) is 59.0 Å². The molecule has 1 aromatic heterocycles. The number of hydrogen-bond donors (Lipinski definition) is 3. The van der Waals surface area contributed by atoms with Crippen molar-refractivity contribution in [2.75, 3.05) is 32.8 Å². The second kappa shape index (κ2) is 10.8. The topological polar surface area (TPSA) is 108 Å². The first-order valence-electron chi connectivity index (χ1n) is 12.7. The van der Waals surface area contributed by atoms with Crippen molar-refractivity contribution >= 4 is 11.5 Å². The minimum Gasteiger partial charge on any atom is -0.508 e. The van der Waals surface area contributed by atoms with Crippen LogP contribution in [0.4, 0.5) is 4.39 Å². The van der Waals surface area contributed by atoms with Gasteiger partial charge in [0.05, 0.1) is 18.8 Å². The summed E-state index contributed by atoms with van der Waals surface area (Å²) in [6, 6.07) is 16.3. The Labute approximate surface area is 220 Å². The van der Waals surface area contributed by atoms with E-state index < -0.39 is 23.8 Å². The number of aliphatic hydroxyl groups is 2. The van der Waals surface area contributed by atoms with Crippen LogP contribution in [0, 0.1) is 0 Å². The number of hydrogen-bond acceptors (Lipinski definition) is 7. The SMILES string of the molecule is CCNC(=O)c1noc(C2(F)CC(c3ccccc3)=C(O)C=C2O)c1-c1ccc(CN2CCOCC2)cc1. The Morgan fingerprint density at radius 1 is 1.08 bits per heavy atom. The summed E-state index contributed by atoms with van der Waals surface area (Å²) < 4.78 is 27.8. The van der Waals surface area contributed by atoms with E-state index >= 15 is 4.39 Å². The van der Waals surface area contributed by atoms with E-state index in [1.807, 2.05) is 18.2 Å². The highest BCUT2D eigenvalue weighted by Gasteiger charge is 2.48. The van der Waals surface area contributed by atoms with E-state index in [9.17, 15) is 15.0 Å². The van der Waals surface area contributed by atoms with Gasteiger partial charge < -0.3 is 24.8 Å². The van der Waals surface area contributed by atoms with E-state index in [0.717, 1.165) is 31.3 Å². The standard InChI is InChI=1S/C29H30FN3O5/c1-2-31-28(36)26-25(21-10-8-19(9-11-21)18-33-12-14-37-15-13-33)27(38-32-26)29(30)17-22(23(34)16-24(29)35)20-6-4-3-5-7-20/h3-11,16,34-35H,2,12-15,17-18H2,1H3,(H,31,36). The number of nitrogens with zero attached hydrogens (tertiary/aromatic N) is 2. The molecule has 0 spiro atoms. The zero-order chi connectivity index (χ0) is 26.7. The molecule has 3 N–H and O–H groups in total. The molecule has 1 amide bonds. The van der Waals surface area contributed by atoms with Gasteiger partial charge in [-0.1, -0.05) is 59.8 Å². The fraction of sp³-hybridized carbons (Fsp3) is 0.310. The molecule has 2 aromatic carbocycles. The van der Waals surface area contributed by atoms with E-state index in [-0.39, 0.29) is 22.8 Å². The third-order valence-electron chi connectivity index (χ3n) is 6.89. The van der Waals surface area contributed by atoms with Crippen LogP contribution in [0.3, 0.4) is 0 Å². The maximum absolute atomic E-state index is 16.9. The zero-order valence-corrected chi connectivity index (χ0v) is 21.1. The summed E-state index contributed by atoms with van der Waals surface area (Å²) in [5.41, 5.74) is 0.0114. The first-order valence-corrected chi connectivity index (χ1v) is 12.7. The Hall–Kier alpha value is -3.95. The lowest BCUT2D eigenvalue weighted by molar-refractivity contribution is 0.0342. The molecule has 1 unspecified atom stereocenters. The predicted octanol–water partition coefficient (Wildman–Crippen LogP) is 4.90. The second-order valence-corrected chi connectivity index (χ2v) is 9.42. The smallest absolute Gasteiger partial charge is 0.274 e. The molecule has 0 bridgehead atoms. The van der Waals surface area contributed by atoms with Gasteiger partial charge in [-0.15, -0.1) is 0 Å². The molecule has 1 fully saturated rings. The van der Waals surface area contributed by atoms with Gasteiger partial charge in [0.1, 0.15) is 11.5 Å². The Bertz CT molecular complexity index is 1360. The molecule has 0 radical (unpaired) electrons. The number of aromatic nitrogens is 1. The second-order valence-electron chi connectivity index (χ2n) is 9.42. The van der Waals surface area contributed by atoms with Crippen LogP contribution >= 0.6 is 0 Å². The zero-order valence-electron chi connectivity index (χ0n) is 21.1. The number of ether oxygens (including phenoxy) is 1. The molecule has 8 nitrogen and oxygen atoms in total. The van der Waals surface area contributed by atoms with E-state index in [4.69, 9.17) is 9.26 Å². The van der Waals surface area contributed by atoms with Crippen LogP contribution < -0.4 is 5.32 Å². The molecule has 1 aliphatic carbocycles. The number of amides is 1. The van der Waals surface area contributed by atoms with Crippen molar-refractivity contribution in [1.82, 2.24) is 15.4 Å². The minimum absolute atomic E-state index is 0.0763. The van der Waals surface area contributed by atoms with Crippen LogP contribution in [0.5, 0.6) is 0 Å². The Kier molecular flexibility index (Phi) is 7.31. The molecular weight excluding hydrogens is 489 g/mol. The normalized spacial score (nSPS) is 20.3. The van der Waals surface area contributed by atoms with E-state index in [1.54, 1.807) is 43.3 Å². The molecule has 2 heterocycles. The van der Waals surface area contributed by atoms with Crippen molar-refractivity contribution in [1.29, 1.82) is 0 Å². The highest BCUT2D eigenvalue weighted by Crippen LogP contribution is 2.49. The molecule has 5 rings (SSSR count). The van der Waals surface area contributed by atoms with Crippen LogP contribution in [0.1, 0.15) is 40.7 Å². The van der Waals surface area contributed by atoms with Crippen molar-refractivity contribution in [2.24, 2.45) is 0 Å². The summed E-state index contributed by atoms with van der Waals surface area (Å²) in [5.74, 6) is -1.77. The maximum Gasteiger partial charge on any atom is 0.274 e. The lowest BCUT2D eigenvalue weighted by Gasteiger charge is -2.28. The number of rotatable bonds is 7. The highest BCUT2D eigenvalue weighted by atomic mass is 19.1. The van der Waals surface area contributed by atoms with Crippen molar-refractivity contribution in [2.45, 2.75) is 25.6 Å². The van der Waals surface area contributed by atoms with E-state index in [2.05, 4.69) is 15.4 Å². The molecule has 1 saturated heterocycles. The van der Waals surface area contributed by atoms with Gasteiger partial charge in [0.2, 0.25) is 5.67 Å². The Morgan fingerprint density at radius 3 is 2.47 bits per heavy atom. The third-order valence-corrected chi connectivity index (χ3v) is 6.89. The number of aliphatic hydroxyl groups excluding tert-OH is 2. The number of alkyl halides is 1. The van der Waals surface area contributed by atoms with E-state index in [0.29, 0.717) is 36.5 Å². The first-order chi connectivity index (χ1) is 18.4. The number of morpholine rings is 1. The van der Waals surface area contributed by atoms with Gasteiger partial charge in [0, 0.05) is 44.2 Å². The summed E-state index contributed by atoms with van der Waals surface area (Å²) in [6.07, 6.45) is 0.576. The average Bonchev–Trinajstić information content (AvgIpc) is 3.39. The number of carbonyl (C=O) groups excluding carboxylic acids is 1. The van der Waals surface area contributed by atoms with Gasteiger partial charge in [0.15, 0.2) is 11.5 Å². The maximum atomic E-state index is 16.9. The number of nitrogens with one attached hydrogen (secondary N) is 1. The molecule has 9 heteroatoms. The van der Waals surface area contributed by atoms with Gasteiger partial charge >= 0.3 is 0 Å².